The number of nitrogens with one attached hydrogen (secondary N) is 3. The zero-order valence-corrected chi connectivity index (χ0v) is 14.1. The smallest absolute Gasteiger partial charge is 0.269 e. The lowest BCUT2D eigenvalue weighted by Gasteiger charge is -2.09. The van der Waals surface area contributed by atoms with Crippen LogP contribution in [0.15, 0.2) is 53.4 Å². The van der Waals surface area contributed by atoms with Crippen LogP contribution in [0.4, 0.5) is 4.39 Å². The first-order valence-electron chi connectivity index (χ1n) is 7.19. The van der Waals surface area contributed by atoms with Crippen LogP contribution >= 0.6 is 0 Å². The summed E-state index contributed by atoms with van der Waals surface area (Å²) in [6.07, 6.45) is 0. The van der Waals surface area contributed by atoms with Crippen LogP contribution in [0.2, 0.25) is 0 Å². The molecule has 2 aromatic rings. The summed E-state index contributed by atoms with van der Waals surface area (Å²) in [6.45, 7) is 0.984. The van der Waals surface area contributed by atoms with E-state index in [4.69, 9.17) is 0 Å². The number of aryl methyl sites for hydroxylation is 1. The molecule has 0 spiro atoms. The minimum Gasteiger partial charge on any atom is -0.272 e. The van der Waals surface area contributed by atoms with Crippen LogP contribution in [0, 0.1) is 12.7 Å². The van der Waals surface area contributed by atoms with E-state index in [2.05, 4.69) is 15.6 Å². The van der Waals surface area contributed by atoms with Gasteiger partial charge in [-0.1, -0.05) is 24.3 Å². The minimum atomic E-state index is -3.83. The molecule has 9 heteroatoms. The summed E-state index contributed by atoms with van der Waals surface area (Å²) >= 11 is 0. The lowest BCUT2D eigenvalue weighted by Crippen LogP contribution is -2.46. The van der Waals surface area contributed by atoms with Crippen LogP contribution in [0.5, 0.6) is 0 Å². The van der Waals surface area contributed by atoms with E-state index in [-0.39, 0.29) is 10.5 Å². The second-order valence-corrected chi connectivity index (χ2v) is 6.87. The summed E-state index contributed by atoms with van der Waals surface area (Å²) < 4.78 is 39.4. The monoisotopic (exact) mass is 365 g/mol. The fourth-order valence-electron chi connectivity index (χ4n) is 1.82. The molecule has 0 aliphatic rings. The first kappa shape index (κ1) is 18.6. The molecule has 0 atom stereocenters. The van der Waals surface area contributed by atoms with Crippen LogP contribution in [-0.4, -0.2) is 26.8 Å². The lowest BCUT2D eigenvalue weighted by molar-refractivity contribution is -0.120. The minimum absolute atomic E-state index is 0.0157. The van der Waals surface area contributed by atoms with Crippen LogP contribution in [0.3, 0.4) is 0 Å². The maximum Gasteiger partial charge on any atom is 0.269 e. The second kappa shape index (κ2) is 7.86. The van der Waals surface area contributed by atoms with Gasteiger partial charge in [-0.05, 0) is 36.8 Å². The Morgan fingerprint density at radius 3 is 2.36 bits per heavy atom. The van der Waals surface area contributed by atoms with E-state index < -0.39 is 34.2 Å². The number of benzene rings is 2. The van der Waals surface area contributed by atoms with E-state index in [1.807, 2.05) is 0 Å². The normalized spacial score (nSPS) is 11.0. The van der Waals surface area contributed by atoms with Crippen molar-refractivity contribution in [3.63, 3.8) is 0 Å². The Bertz CT molecular complexity index is 886. The van der Waals surface area contributed by atoms with Gasteiger partial charge in [-0.3, -0.25) is 20.4 Å². The van der Waals surface area contributed by atoms with Gasteiger partial charge in [0.05, 0.1) is 11.4 Å². The first-order chi connectivity index (χ1) is 11.8. The maximum absolute atomic E-state index is 13.4. The SMILES string of the molecule is Cc1ccc(C(=O)NNC(=O)CNS(=O)(=O)c2ccccc2)cc1F. The third-order valence-corrected chi connectivity index (χ3v) is 4.64. The van der Waals surface area contributed by atoms with Crippen molar-refractivity contribution in [3.8, 4) is 0 Å². The highest BCUT2D eigenvalue weighted by Gasteiger charge is 2.15. The molecular formula is C16H16FN3O4S. The highest BCUT2D eigenvalue weighted by Crippen LogP contribution is 2.09. The molecule has 0 radical (unpaired) electrons. The average molecular weight is 365 g/mol. The van der Waals surface area contributed by atoms with Crippen molar-refractivity contribution in [1.82, 2.24) is 15.6 Å². The number of sulfonamides is 1. The standard InChI is InChI=1S/C16H16FN3O4S/c1-11-7-8-12(9-14(11)17)16(22)20-19-15(21)10-18-25(23,24)13-5-3-2-4-6-13/h2-9,18H,10H2,1H3,(H,19,21)(H,20,22). The predicted molar refractivity (Wildman–Crippen MR) is 88.4 cm³/mol. The van der Waals surface area contributed by atoms with Gasteiger partial charge in [0.15, 0.2) is 0 Å². The Hall–Kier alpha value is -2.78. The van der Waals surface area contributed by atoms with Gasteiger partial charge >= 0.3 is 0 Å². The van der Waals surface area contributed by atoms with Crippen molar-refractivity contribution >= 4 is 21.8 Å². The molecule has 2 rings (SSSR count). The molecular weight excluding hydrogens is 349 g/mol. The van der Waals surface area contributed by atoms with E-state index in [0.29, 0.717) is 5.56 Å². The first-order valence-corrected chi connectivity index (χ1v) is 8.68. The fraction of sp³-hybridized carbons (Fsp3) is 0.125. The summed E-state index contributed by atoms with van der Waals surface area (Å²) in [5, 5.41) is 0. The van der Waals surface area contributed by atoms with Gasteiger partial charge in [0, 0.05) is 5.56 Å². The highest BCUT2D eigenvalue weighted by molar-refractivity contribution is 7.89. The lowest BCUT2D eigenvalue weighted by atomic mass is 10.1. The predicted octanol–water partition coefficient (Wildman–Crippen LogP) is 0.874. The van der Waals surface area contributed by atoms with Gasteiger partial charge in [-0.25, -0.2) is 17.5 Å². The third kappa shape index (κ3) is 5.10. The Kier molecular flexibility index (Phi) is 5.84. The Morgan fingerprint density at radius 1 is 1.04 bits per heavy atom. The molecule has 25 heavy (non-hydrogen) atoms. The van der Waals surface area contributed by atoms with Gasteiger partial charge in [0.2, 0.25) is 10.0 Å². The molecule has 0 heterocycles. The zero-order valence-electron chi connectivity index (χ0n) is 13.2. The number of hydrazine groups is 1. The Labute approximate surface area is 144 Å². The number of carbonyl (C=O) groups excluding carboxylic acids is 2. The van der Waals surface area contributed by atoms with E-state index in [1.54, 1.807) is 25.1 Å². The Morgan fingerprint density at radius 2 is 1.72 bits per heavy atom. The van der Waals surface area contributed by atoms with Crippen molar-refractivity contribution in [2.45, 2.75) is 11.8 Å². The summed E-state index contributed by atoms with van der Waals surface area (Å²) in [5.41, 5.74) is 4.54. The molecule has 0 saturated carbocycles. The van der Waals surface area contributed by atoms with E-state index >= 15 is 0 Å². The van der Waals surface area contributed by atoms with E-state index in [0.717, 1.165) is 6.07 Å². The number of amides is 2. The molecule has 0 saturated heterocycles. The Balaban J connectivity index is 1.86. The van der Waals surface area contributed by atoms with Gasteiger partial charge < -0.3 is 0 Å². The highest BCUT2D eigenvalue weighted by atomic mass is 32.2. The molecule has 0 unspecified atom stereocenters. The van der Waals surface area contributed by atoms with E-state index in [1.165, 1.54) is 24.3 Å². The molecule has 0 aliphatic heterocycles. The van der Waals surface area contributed by atoms with Gasteiger partial charge in [0.1, 0.15) is 5.82 Å². The van der Waals surface area contributed by atoms with Gasteiger partial charge in [0.25, 0.3) is 11.8 Å². The molecule has 2 amide bonds. The summed E-state index contributed by atoms with van der Waals surface area (Å²) in [6, 6.07) is 11.4. The van der Waals surface area contributed by atoms with Crippen LogP contribution in [0.25, 0.3) is 0 Å². The van der Waals surface area contributed by atoms with Crippen molar-refractivity contribution in [1.29, 1.82) is 0 Å². The molecule has 132 valence electrons. The number of rotatable bonds is 5. The third-order valence-electron chi connectivity index (χ3n) is 3.23. The molecule has 0 aromatic heterocycles. The number of hydrogen-bond donors (Lipinski definition) is 3. The molecule has 7 nitrogen and oxygen atoms in total. The summed E-state index contributed by atoms with van der Waals surface area (Å²) in [4.78, 5) is 23.5. The maximum atomic E-state index is 13.4. The summed E-state index contributed by atoms with van der Waals surface area (Å²) in [5.74, 6) is -2.05. The number of hydrogen-bond acceptors (Lipinski definition) is 4. The quantitative estimate of drug-likeness (QED) is 0.684. The van der Waals surface area contributed by atoms with Gasteiger partial charge in [-0.2, -0.15) is 0 Å². The largest absolute Gasteiger partial charge is 0.272 e. The average Bonchev–Trinajstić information content (AvgIpc) is 2.61. The second-order valence-electron chi connectivity index (χ2n) is 5.10. The summed E-state index contributed by atoms with van der Waals surface area (Å²) in [7, 11) is -3.83. The van der Waals surface area contributed by atoms with Crippen molar-refractivity contribution in [3.05, 3.63) is 65.5 Å². The van der Waals surface area contributed by atoms with Crippen molar-refractivity contribution in [2.24, 2.45) is 0 Å². The van der Waals surface area contributed by atoms with Crippen molar-refractivity contribution in [2.75, 3.05) is 6.54 Å². The molecule has 0 bridgehead atoms. The van der Waals surface area contributed by atoms with E-state index in [9.17, 15) is 22.4 Å². The van der Waals surface area contributed by atoms with Gasteiger partial charge in [-0.15, -0.1) is 0 Å². The topological polar surface area (TPSA) is 104 Å². The van der Waals surface area contributed by atoms with Crippen molar-refractivity contribution < 1.29 is 22.4 Å². The number of halogens is 1. The van der Waals surface area contributed by atoms with Crippen LogP contribution in [-0.2, 0) is 14.8 Å². The zero-order chi connectivity index (χ0) is 18.4. The molecule has 3 N–H and O–H groups in total. The molecule has 0 fully saturated rings. The molecule has 0 aliphatic carbocycles. The van der Waals surface area contributed by atoms with Crippen LogP contribution in [0.1, 0.15) is 15.9 Å². The van der Waals surface area contributed by atoms with Crippen LogP contribution < -0.4 is 15.6 Å². The molecule has 2 aromatic carbocycles. The number of carbonyl (C=O) groups is 2. The fourth-order valence-corrected chi connectivity index (χ4v) is 2.82.